The summed E-state index contributed by atoms with van der Waals surface area (Å²) in [5.74, 6) is -1.34. The molecule has 8 heteroatoms. The number of carbonyl (C=O) groups is 2. The van der Waals surface area contributed by atoms with Crippen molar-refractivity contribution in [3.63, 3.8) is 0 Å². The zero-order valence-corrected chi connectivity index (χ0v) is 14.8. The molecule has 7 nitrogen and oxygen atoms in total. The molecule has 2 aromatic rings. The molecule has 0 saturated carbocycles. The Morgan fingerprint density at radius 1 is 1.24 bits per heavy atom. The topological polar surface area (TPSA) is 91.4 Å². The Bertz CT molecular complexity index is 857. The van der Waals surface area contributed by atoms with E-state index in [0.29, 0.717) is 5.56 Å². The molecular formula is C17H17ClN2O5. The predicted molar refractivity (Wildman–Crippen MR) is 92.3 cm³/mol. The van der Waals surface area contributed by atoms with E-state index in [2.05, 4.69) is 0 Å². The van der Waals surface area contributed by atoms with Crippen LogP contribution in [0.3, 0.4) is 0 Å². The Balaban J connectivity index is 2.17. The third kappa shape index (κ3) is 3.88. The number of nitro groups is 1. The molecule has 0 amide bonds. The number of benzene rings is 1. The molecule has 0 atom stereocenters. The van der Waals surface area contributed by atoms with Crippen LogP contribution in [0.2, 0.25) is 5.02 Å². The van der Waals surface area contributed by atoms with Gasteiger partial charge in [-0.1, -0.05) is 11.6 Å². The summed E-state index contributed by atoms with van der Waals surface area (Å²) in [5, 5.41) is 11.2. The number of esters is 1. The van der Waals surface area contributed by atoms with Crippen LogP contribution in [0.15, 0.2) is 24.3 Å². The van der Waals surface area contributed by atoms with Crippen molar-refractivity contribution in [2.75, 3.05) is 6.61 Å². The van der Waals surface area contributed by atoms with Gasteiger partial charge in [-0.25, -0.2) is 4.79 Å². The second-order valence-electron chi connectivity index (χ2n) is 5.45. The normalized spacial score (nSPS) is 10.6. The van der Waals surface area contributed by atoms with Gasteiger partial charge >= 0.3 is 5.97 Å². The van der Waals surface area contributed by atoms with Gasteiger partial charge in [0.25, 0.3) is 5.69 Å². The van der Waals surface area contributed by atoms with Gasteiger partial charge in [0, 0.05) is 34.6 Å². The minimum atomic E-state index is -0.966. The monoisotopic (exact) mass is 364 g/mol. The first-order valence-corrected chi connectivity index (χ1v) is 7.95. The number of hydrogen-bond acceptors (Lipinski definition) is 5. The number of hydrogen-bond donors (Lipinski definition) is 0. The van der Waals surface area contributed by atoms with Crippen LogP contribution in [0, 0.1) is 24.0 Å². The highest BCUT2D eigenvalue weighted by Gasteiger charge is 2.23. The number of rotatable bonds is 6. The Hall–Kier alpha value is -2.67. The van der Waals surface area contributed by atoms with E-state index in [1.54, 1.807) is 6.07 Å². The van der Waals surface area contributed by atoms with Crippen LogP contribution in [0.4, 0.5) is 5.69 Å². The SMILES string of the molecule is CCn1c(C)cc(C(=O)COC(=O)c2cc(Cl)ccc2[N+](=O)[O-])c1C. The number of aryl methyl sites for hydroxylation is 1. The molecule has 2 rings (SSSR count). The van der Waals surface area contributed by atoms with E-state index in [4.69, 9.17) is 16.3 Å². The molecule has 1 heterocycles. The number of halogens is 1. The molecule has 0 N–H and O–H groups in total. The fraction of sp³-hybridized carbons (Fsp3) is 0.294. The fourth-order valence-corrected chi connectivity index (χ4v) is 2.86. The molecule has 0 aliphatic carbocycles. The zero-order chi connectivity index (χ0) is 18.7. The van der Waals surface area contributed by atoms with Gasteiger partial charge in [-0.15, -0.1) is 0 Å². The number of aromatic nitrogens is 1. The average Bonchev–Trinajstić information content (AvgIpc) is 2.85. The molecule has 0 bridgehead atoms. The van der Waals surface area contributed by atoms with Crippen LogP contribution >= 0.6 is 11.6 Å². The van der Waals surface area contributed by atoms with Gasteiger partial charge < -0.3 is 9.30 Å². The lowest BCUT2D eigenvalue weighted by Crippen LogP contribution is -2.16. The number of nitro benzene ring substituents is 1. The van der Waals surface area contributed by atoms with Crippen LogP contribution in [-0.4, -0.2) is 27.8 Å². The molecule has 0 unspecified atom stereocenters. The van der Waals surface area contributed by atoms with E-state index < -0.39 is 23.2 Å². The molecule has 1 aromatic heterocycles. The number of ketones is 1. The molecule has 25 heavy (non-hydrogen) atoms. The third-order valence-corrected chi connectivity index (χ3v) is 4.13. The summed E-state index contributed by atoms with van der Waals surface area (Å²) in [7, 11) is 0. The van der Waals surface area contributed by atoms with Crippen LogP contribution in [-0.2, 0) is 11.3 Å². The van der Waals surface area contributed by atoms with Crippen molar-refractivity contribution in [3.05, 3.63) is 61.9 Å². The van der Waals surface area contributed by atoms with Crippen LogP contribution in [0.25, 0.3) is 0 Å². The minimum absolute atomic E-state index is 0.162. The van der Waals surface area contributed by atoms with E-state index in [0.717, 1.165) is 30.1 Å². The quantitative estimate of drug-likeness (QED) is 0.337. The van der Waals surface area contributed by atoms with Gasteiger partial charge in [0.05, 0.1) is 4.92 Å². The minimum Gasteiger partial charge on any atom is -0.454 e. The van der Waals surface area contributed by atoms with E-state index in [1.165, 1.54) is 6.07 Å². The molecule has 0 aliphatic rings. The summed E-state index contributed by atoms with van der Waals surface area (Å²) in [6, 6.07) is 5.31. The fourth-order valence-electron chi connectivity index (χ4n) is 2.69. The molecule has 0 spiro atoms. The molecular weight excluding hydrogens is 348 g/mol. The van der Waals surface area contributed by atoms with Crippen LogP contribution < -0.4 is 0 Å². The number of Topliss-reactive ketones (excluding diaryl/α,β-unsaturated/α-hetero) is 1. The van der Waals surface area contributed by atoms with E-state index in [-0.39, 0.29) is 16.4 Å². The first-order valence-electron chi connectivity index (χ1n) is 7.57. The lowest BCUT2D eigenvalue weighted by atomic mass is 10.1. The summed E-state index contributed by atoms with van der Waals surface area (Å²) in [5.41, 5.74) is 1.47. The van der Waals surface area contributed by atoms with Gasteiger partial charge in [0.15, 0.2) is 6.61 Å². The summed E-state index contributed by atoms with van der Waals surface area (Å²) in [6.07, 6.45) is 0. The molecule has 0 fully saturated rings. The van der Waals surface area contributed by atoms with E-state index >= 15 is 0 Å². The number of carbonyl (C=O) groups excluding carboxylic acids is 2. The highest BCUT2D eigenvalue weighted by molar-refractivity contribution is 6.31. The average molecular weight is 365 g/mol. The van der Waals surface area contributed by atoms with Gasteiger partial charge in [0.2, 0.25) is 5.78 Å². The van der Waals surface area contributed by atoms with Gasteiger partial charge in [-0.3, -0.25) is 14.9 Å². The van der Waals surface area contributed by atoms with Crippen molar-refractivity contribution in [1.82, 2.24) is 4.57 Å². The van der Waals surface area contributed by atoms with E-state index in [1.807, 2.05) is 25.3 Å². The Morgan fingerprint density at radius 3 is 2.48 bits per heavy atom. The Kier molecular flexibility index (Phi) is 5.58. The molecule has 132 valence electrons. The van der Waals surface area contributed by atoms with Gasteiger partial charge in [-0.2, -0.15) is 0 Å². The van der Waals surface area contributed by atoms with Crippen molar-refractivity contribution in [2.45, 2.75) is 27.3 Å². The molecule has 1 aromatic carbocycles. The van der Waals surface area contributed by atoms with Crippen molar-refractivity contribution in [1.29, 1.82) is 0 Å². The zero-order valence-electron chi connectivity index (χ0n) is 14.0. The first-order chi connectivity index (χ1) is 11.8. The number of ether oxygens (including phenoxy) is 1. The summed E-state index contributed by atoms with van der Waals surface area (Å²) < 4.78 is 6.94. The van der Waals surface area contributed by atoms with Crippen molar-refractivity contribution in [2.24, 2.45) is 0 Å². The maximum Gasteiger partial charge on any atom is 0.345 e. The Labute approximate surface area is 149 Å². The van der Waals surface area contributed by atoms with E-state index in [9.17, 15) is 19.7 Å². The lowest BCUT2D eigenvalue weighted by molar-refractivity contribution is -0.385. The standard InChI is InChI=1S/C17H17ClN2O5/c1-4-19-10(2)7-13(11(19)3)16(21)9-25-17(22)14-8-12(18)5-6-15(14)20(23)24/h5-8H,4,9H2,1-3H3. The maximum absolute atomic E-state index is 12.3. The van der Waals surface area contributed by atoms with Crippen LogP contribution in [0.1, 0.15) is 39.0 Å². The summed E-state index contributed by atoms with van der Waals surface area (Å²) in [4.78, 5) is 34.7. The summed E-state index contributed by atoms with van der Waals surface area (Å²) >= 11 is 5.78. The second kappa shape index (κ2) is 7.48. The Morgan fingerprint density at radius 2 is 1.92 bits per heavy atom. The molecule has 0 saturated heterocycles. The lowest BCUT2D eigenvalue weighted by Gasteiger charge is -2.07. The maximum atomic E-state index is 12.3. The van der Waals surface area contributed by atoms with Gasteiger partial charge in [0.1, 0.15) is 5.56 Å². The molecule has 0 radical (unpaired) electrons. The number of nitrogens with zero attached hydrogens (tertiary/aromatic N) is 2. The first kappa shape index (κ1) is 18.7. The smallest absolute Gasteiger partial charge is 0.345 e. The third-order valence-electron chi connectivity index (χ3n) is 3.90. The summed E-state index contributed by atoms with van der Waals surface area (Å²) in [6.45, 7) is 5.88. The molecule has 0 aliphatic heterocycles. The van der Waals surface area contributed by atoms with Gasteiger partial charge in [-0.05, 0) is 39.0 Å². The van der Waals surface area contributed by atoms with Crippen molar-refractivity contribution in [3.8, 4) is 0 Å². The highest BCUT2D eigenvalue weighted by Crippen LogP contribution is 2.23. The predicted octanol–water partition coefficient (Wildman–Crippen LogP) is 3.73. The second-order valence-corrected chi connectivity index (χ2v) is 5.88. The largest absolute Gasteiger partial charge is 0.454 e. The van der Waals surface area contributed by atoms with Crippen molar-refractivity contribution >= 4 is 29.0 Å². The highest BCUT2D eigenvalue weighted by atomic mass is 35.5. The van der Waals surface area contributed by atoms with Crippen molar-refractivity contribution < 1.29 is 19.2 Å². The van der Waals surface area contributed by atoms with Crippen LogP contribution in [0.5, 0.6) is 0 Å².